The normalized spacial score (nSPS) is 19.0. The molecule has 21 heavy (non-hydrogen) atoms. The topological polar surface area (TPSA) is 52.6 Å². The number of nitrogens with zero attached hydrogens (tertiary/aromatic N) is 1. The molecule has 1 heterocycles. The van der Waals surface area contributed by atoms with Gasteiger partial charge in [-0.05, 0) is 43.4 Å². The first-order valence-electron chi connectivity index (χ1n) is 7.31. The lowest BCUT2D eigenvalue weighted by Gasteiger charge is -2.35. The molecule has 1 atom stereocenters. The van der Waals surface area contributed by atoms with Crippen molar-refractivity contribution in [2.24, 2.45) is 0 Å². The molecule has 1 aromatic carbocycles. The predicted octanol–water partition coefficient (Wildman–Crippen LogP) is 3.26. The van der Waals surface area contributed by atoms with Gasteiger partial charge in [-0.1, -0.05) is 29.8 Å². The van der Waals surface area contributed by atoms with Gasteiger partial charge >= 0.3 is 6.03 Å². The molecule has 0 spiro atoms. The molecule has 1 aliphatic heterocycles. The van der Waals surface area contributed by atoms with Crippen LogP contribution in [0.25, 0.3) is 6.08 Å². The summed E-state index contributed by atoms with van der Waals surface area (Å²) >= 11 is 6.05. The van der Waals surface area contributed by atoms with Gasteiger partial charge in [-0.2, -0.15) is 0 Å². The van der Waals surface area contributed by atoms with E-state index < -0.39 is 0 Å². The second-order valence-electron chi connectivity index (χ2n) is 5.16. The first-order chi connectivity index (χ1) is 10.2. The Hall–Kier alpha value is -1.52. The Morgan fingerprint density at radius 3 is 3.00 bits per heavy atom. The summed E-state index contributed by atoms with van der Waals surface area (Å²) in [6.45, 7) is 0.861. The summed E-state index contributed by atoms with van der Waals surface area (Å²) in [6, 6.07) is 7.49. The van der Waals surface area contributed by atoms with Crippen molar-refractivity contribution in [3.63, 3.8) is 0 Å². The Morgan fingerprint density at radius 2 is 2.24 bits per heavy atom. The fourth-order valence-electron chi connectivity index (χ4n) is 2.61. The average molecular weight is 309 g/mol. The van der Waals surface area contributed by atoms with E-state index in [1.54, 1.807) is 12.3 Å². The van der Waals surface area contributed by atoms with Crippen molar-refractivity contribution < 1.29 is 9.90 Å². The van der Waals surface area contributed by atoms with Crippen LogP contribution < -0.4 is 5.32 Å². The zero-order valence-electron chi connectivity index (χ0n) is 12.0. The van der Waals surface area contributed by atoms with Crippen molar-refractivity contribution in [3.05, 3.63) is 41.1 Å². The maximum Gasteiger partial charge on any atom is 0.321 e. The molecular formula is C16H21ClN2O2. The second-order valence-corrected chi connectivity index (χ2v) is 5.57. The first kappa shape index (κ1) is 15.9. The minimum atomic E-state index is -0.114. The van der Waals surface area contributed by atoms with Crippen LogP contribution in [0.15, 0.2) is 30.5 Å². The summed E-state index contributed by atoms with van der Waals surface area (Å²) in [5, 5.41) is 12.5. The van der Waals surface area contributed by atoms with Crippen LogP contribution in [-0.4, -0.2) is 35.2 Å². The Kier molecular flexibility index (Phi) is 6.08. The molecule has 1 aliphatic rings. The Morgan fingerprint density at radius 1 is 1.43 bits per heavy atom. The van der Waals surface area contributed by atoms with Crippen LogP contribution in [-0.2, 0) is 0 Å². The van der Waals surface area contributed by atoms with Crippen LogP contribution >= 0.6 is 11.6 Å². The molecular weight excluding hydrogens is 288 g/mol. The van der Waals surface area contributed by atoms with Crippen LogP contribution in [0.1, 0.15) is 31.2 Å². The SMILES string of the molecule is O=C(N/C=C/c1ccccc1Cl)N1CCCCC1CCO. The standard InChI is InChI=1S/C16H21ClN2O2/c17-15-7-2-1-5-13(15)8-10-18-16(21)19-11-4-3-6-14(19)9-12-20/h1-2,5,7-8,10,14,20H,3-4,6,9,11-12H2,(H,18,21)/b10-8+. The zero-order chi connectivity index (χ0) is 15.1. The van der Waals surface area contributed by atoms with E-state index in [0.717, 1.165) is 31.4 Å². The number of nitrogens with one attached hydrogen (secondary N) is 1. The number of aliphatic hydroxyl groups is 1. The van der Waals surface area contributed by atoms with Crippen LogP contribution in [0.5, 0.6) is 0 Å². The fraction of sp³-hybridized carbons (Fsp3) is 0.438. The lowest BCUT2D eigenvalue weighted by molar-refractivity contribution is 0.134. The molecule has 0 aliphatic carbocycles. The quantitative estimate of drug-likeness (QED) is 0.897. The van der Waals surface area contributed by atoms with Gasteiger partial charge in [0.05, 0.1) is 0 Å². The van der Waals surface area contributed by atoms with Crippen molar-refractivity contribution in [2.75, 3.05) is 13.2 Å². The van der Waals surface area contributed by atoms with Gasteiger partial charge in [0.15, 0.2) is 0 Å². The molecule has 0 radical (unpaired) electrons. The molecule has 2 rings (SSSR count). The number of piperidine rings is 1. The van der Waals surface area contributed by atoms with E-state index >= 15 is 0 Å². The molecule has 1 aromatic rings. The number of benzene rings is 1. The van der Waals surface area contributed by atoms with E-state index in [0.29, 0.717) is 11.4 Å². The van der Waals surface area contributed by atoms with Gasteiger partial charge in [0.25, 0.3) is 0 Å². The number of hydrogen-bond donors (Lipinski definition) is 2. The lowest BCUT2D eigenvalue weighted by Crippen LogP contribution is -2.47. The molecule has 5 heteroatoms. The van der Waals surface area contributed by atoms with Crippen molar-refractivity contribution in [1.82, 2.24) is 10.2 Å². The van der Waals surface area contributed by atoms with E-state index in [2.05, 4.69) is 5.32 Å². The highest BCUT2D eigenvalue weighted by Gasteiger charge is 2.25. The number of urea groups is 1. The molecule has 0 bridgehead atoms. The summed E-state index contributed by atoms with van der Waals surface area (Å²) in [4.78, 5) is 14.0. The first-order valence-corrected chi connectivity index (χ1v) is 7.69. The molecule has 1 saturated heterocycles. The van der Waals surface area contributed by atoms with Crippen LogP contribution in [0.2, 0.25) is 5.02 Å². The Balaban J connectivity index is 1.92. The van der Waals surface area contributed by atoms with E-state index in [4.69, 9.17) is 16.7 Å². The van der Waals surface area contributed by atoms with Crippen LogP contribution in [0.4, 0.5) is 4.79 Å². The molecule has 0 saturated carbocycles. The number of rotatable bonds is 4. The monoisotopic (exact) mass is 308 g/mol. The Bertz CT molecular complexity index is 503. The summed E-state index contributed by atoms with van der Waals surface area (Å²) in [5.74, 6) is 0. The third kappa shape index (κ3) is 4.48. The van der Waals surface area contributed by atoms with Gasteiger partial charge in [0, 0.05) is 30.4 Å². The predicted molar refractivity (Wildman–Crippen MR) is 85.1 cm³/mol. The van der Waals surface area contributed by atoms with Crippen molar-refractivity contribution in [1.29, 1.82) is 0 Å². The van der Waals surface area contributed by atoms with Gasteiger partial charge in [0.2, 0.25) is 0 Å². The number of carbonyl (C=O) groups excluding carboxylic acids is 1. The number of carbonyl (C=O) groups is 1. The lowest BCUT2D eigenvalue weighted by atomic mass is 10.0. The van der Waals surface area contributed by atoms with Gasteiger partial charge < -0.3 is 15.3 Å². The summed E-state index contributed by atoms with van der Waals surface area (Å²) in [6.07, 6.45) is 7.14. The molecule has 1 fully saturated rings. The smallest absolute Gasteiger partial charge is 0.321 e. The minimum absolute atomic E-state index is 0.114. The van der Waals surface area contributed by atoms with Crippen LogP contribution in [0.3, 0.4) is 0 Å². The van der Waals surface area contributed by atoms with Crippen molar-refractivity contribution in [3.8, 4) is 0 Å². The molecule has 0 aromatic heterocycles. The highest BCUT2D eigenvalue weighted by Crippen LogP contribution is 2.19. The summed E-state index contributed by atoms with van der Waals surface area (Å²) < 4.78 is 0. The van der Waals surface area contributed by atoms with Gasteiger partial charge in [-0.15, -0.1) is 0 Å². The minimum Gasteiger partial charge on any atom is -0.396 e. The number of amides is 2. The third-order valence-corrected chi connectivity index (χ3v) is 4.07. The Labute approximate surface area is 130 Å². The van der Waals surface area contributed by atoms with Crippen molar-refractivity contribution >= 4 is 23.7 Å². The molecule has 2 amide bonds. The third-order valence-electron chi connectivity index (χ3n) is 3.73. The summed E-state index contributed by atoms with van der Waals surface area (Å²) in [7, 11) is 0. The summed E-state index contributed by atoms with van der Waals surface area (Å²) in [5.41, 5.74) is 0.866. The highest BCUT2D eigenvalue weighted by atomic mass is 35.5. The van der Waals surface area contributed by atoms with E-state index in [1.807, 2.05) is 29.2 Å². The average Bonchev–Trinajstić information content (AvgIpc) is 2.50. The number of likely N-dealkylation sites (tertiary alicyclic amines) is 1. The highest BCUT2D eigenvalue weighted by molar-refractivity contribution is 6.32. The molecule has 2 N–H and O–H groups in total. The van der Waals surface area contributed by atoms with E-state index in [-0.39, 0.29) is 18.7 Å². The van der Waals surface area contributed by atoms with Gasteiger partial charge in [0.1, 0.15) is 0 Å². The number of hydrogen-bond acceptors (Lipinski definition) is 2. The van der Waals surface area contributed by atoms with Crippen molar-refractivity contribution in [2.45, 2.75) is 31.7 Å². The number of halogens is 1. The molecule has 1 unspecified atom stereocenters. The fourth-order valence-corrected chi connectivity index (χ4v) is 2.81. The largest absolute Gasteiger partial charge is 0.396 e. The molecule has 114 valence electrons. The van der Waals surface area contributed by atoms with E-state index in [1.165, 1.54) is 0 Å². The van der Waals surface area contributed by atoms with Gasteiger partial charge in [-0.3, -0.25) is 0 Å². The van der Waals surface area contributed by atoms with E-state index in [9.17, 15) is 4.79 Å². The maximum absolute atomic E-state index is 12.2. The van der Waals surface area contributed by atoms with Crippen LogP contribution in [0, 0.1) is 0 Å². The maximum atomic E-state index is 12.2. The molecule has 4 nitrogen and oxygen atoms in total. The second kappa shape index (κ2) is 8.05. The zero-order valence-corrected chi connectivity index (χ0v) is 12.7. The van der Waals surface area contributed by atoms with Gasteiger partial charge in [-0.25, -0.2) is 4.79 Å². The number of aliphatic hydroxyl groups excluding tert-OH is 1.